The smallest absolute Gasteiger partial charge is 0.260 e. The molecule has 0 radical (unpaired) electrons. The second kappa shape index (κ2) is 8.85. The summed E-state index contributed by atoms with van der Waals surface area (Å²) in [5, 5.41) is 10.3. The number of hydrogen-bond acceptors (Lipinski definition) is 5. The highest BCUT2D eigenvalue weighted by Crippen LogP contribution is 2.25. The Labute approximate surface area is 153 Å². The molecule has 0 spiro atoms. The van der Waals surface area contributed by atoms with Crippen LogP contribution in [0.1, 0.15) is 0 Å². The normalized spacial score (nSPS) is 24.5. The highest BCUT2D eigenvalue weighted by molar-refractivity contribution is 6.30. The molecule has 0 aliphatic carbocycles. The molecule has 2 fully saturated rings. The van der Waals surface area contributed by atoms with E-state index < -0.39 is 0 Å². The van der Waals surface area contributed by atoms with Crippen molar-refractivity contribution >= 4 is 17.5 Å². The third-order valence-electron chi connectivity index (χ3n) is 4.92. The summed E-state index contributed by atoms with van der Waals surface area (Å²) in [6, 6.07) is 7.02. The Morgan fingerprint density at radius 2 is 2.04 bits per heavy atom. The second-order valence-electron chi connectivity index (χ2n) is 6.66. The molecule has 1 amide bonds. The van der Waals surface area contributed by atoms with Crippen LogP contribution in [0.15, 0.2) is 24.3 Å². The number of morpholine rings is 1. The van der Waals surface area contributed by atoms with Crippen molar-refractivity contribution in [2.45, 2.75) is 0 Å². The number of aliphatic hydroxyl groups excluding tert-OH is 1. The molecule has 0 saturated carbocycles. The van der Waals surface area contributed by atoms with Crippen LogP contribution in [-0.4, -0.2) is 80.0 Å². The molecular formula is C18H25ClN2O4. The van der Waals surface area contributed by atoms with Crippen molar-refractivity contribution in [2.75, 3.05) is 59.2 Å². The maximum Gasteiger partial charge on any atom is 0.260 e. The van der Waals surface area contributed by atoms with E-state index in [9.17, 15) is 9.90 Å². The van der Waals surface area contributed by atoms with Crippen LogP contribution in [0.2, 0.25) is 5.02 Å². The van der Waals surface area contributed by atoms with Gasteiger partial charge in [-0.15, -0.1) is 0 Å². The van der Waals surface area contributed by atoms with Gasteiger partial charge in [0.15, 0.2) is 6.61 Å². The third kappa shape index (κ3) is 5.07. The number of benzene rings is 1. The van der Waals surface area contributed by atoms with Crippen LogP contribution in [0.4, 0.5) is 0 Å². The maximum atomic E-state index is 12.5. The SMILES string of the molecule is O=C(COc1cccc(Cl)c1)N1C[C@@H](CO)[C@@H](CN2CCOCC2)C1. The van der Waals surface area contributed by atoms with E-state index >= 15 is 0 Å². The molecule has 2 heterocycles. The minimum absolute atomic E-state index is 0.0111. The number of likely N-dealkylation sites (tertiary alicyclic amines) is 1. The van der Waals surface area contributed by atoms with Crippen LogP contribution in [0.3, 0.4) is 0 Å². The zero-order valence-corrected chi connectivity index (χ0v) is 15.0. The van der Waals surface area contributed by atoms with Crippen LogP contribution in [0.25, 0.3) is 0 Å². The lowest BCUT2D eigenvalue weighted by molar-refractivity contribution is -0.132. The van der Waals surface area contributed by atoms with Crippen molar-refractivity contribution < 1.29 is 19.4 Å². The number of amides is 1. The summed E-state index contributed by atoms with van der Waals surface area (Å²) in [7, 11) is 0. The van der Waals surface area contributed by atoms with Crippen molar-refractivity contribution in [3.05, 3.63) is 29.3 Å². The van der Waals surface area contributed by atoms with Crippen molar-refractivity contribution in [1.29, 1.82) is 0 Å². The lowest BCUT2D eigenvalue weighted by atomic mass is 9.96. The Hall–Kier alpha value is -1.34. The van der Waals surface area contributed by atoms with Crippen LogP contribution in [-0.2, 0) is 9.53 Å². The van der Waals surface area contributed by atoms with Gasteiger partial charge in [0.05, 0.1) is 13.2 Å². The van der Waals surface area contributed by atoms with E-state index in [1.54, 1.807) is 29.2 Å². The number of rotatable bonds is 6. The molecule has 1 aromatic carbocycles. The predicted octanol–water partition coefficient (Wildman–Crippen LogP) is 1.12. The number of ether oxygens (including phenoxy) is 2. The van der Waals surface area contributed by atoms with Crippen molar-refractivity contribution in [3.63, 3.8) is 0 Å². The average molecular weight is 369 g/mol. The molecule has 3 rings (SSSR count). The van der Waals surface area contributed by atoms with E-state index in [0.717, 1.165) is 32.8 Å². The van der Waals surface area contributed by atoms with Crippen molar-refractivity contribution in [3.8, 4) is 5.75 Å². The topological polar surface area (TPSA) is 62.2 Å². The van der Waals surface area contributed by atoms with Gasteiger partial charge in [-0.1, -0.05) is 17.7 Å². The number of hydrogen-bond donors (Lipinski definition) is 1. The standard InChI is InChI=1S/C18H25ClN2O4/c19-16-2-1-3-17(8-16)25-13-18(23)21-10-14(15(11-21)12-22)9-20-4-6-24-7-5-20/h1-3,8,14-15,22H,4-7,9-13H2/t14-,15-/m0/s1. The Kier molecular flexibility index (Phi) is 6.53. The van der Waals surface area contributed by atoms with E-state index in [1.165, 1.54) is 0 Å². The van der Waals surface area contributed by atoms with Gasteiger partial charge in [0.25, 0.3) is 5.91 Å². The molecule has 6 nitrogen and oxygen atoms in total. The molecule has 0 bridgehead atoms. The van der Waals surface area contributed by atoms with Gasteiger partial charge in [0.2, 0.25) is 0 Å². The number of carbonyl (C=O) groups is 1. The fourth-order valence-electron chi connectivity index (χ4n) is 3.46. The first-order valence-corrected chi connectivity index (χ1v) is 9.10. The number of aliphatic hydroxyl groups is 1. The van der Waals surface area contributed by atoms with Crippen LogP contribution < -0.4 is 4.74 Å². The summed E-state index contributed by atoms with van der Waals surface area (Å²) >= 11 is 5.92. The fraction of sp³-hybridized carbons (Fsp3) is 0.611. The molecule has 2 aliphatic rings. The first-order chi connectivity index (χ1) is 12.2. The molecule has 0 aromatic heterocycles. The van der Waals surface area contributed by atoms with Gasteiger partial charge in [0, 0.05) is 50.3 Å². The van der Waals surface area contributed by atoms with E-state index in [1.807, 2.05) is 0 Å². The summed E-state index contributed by atoms with van der Waals surface area (Å²) in [4.78, 5) is 16.6. The zero-order valence-electron chi connectivity index (χ0n) is 14.3. The summed E-state index contributed by atoms with van der Waals surface area (Å²) in [5.41, 5.74) is 0. The number of carbonyl (C=O) groups excluding carboxylic acids is 1. The number of halogens is 1. The molecule has 138 valence electrons. The van der Waals surface area contributed by atoms with Crippen LogP contribution >= 0.6 is 11.6 Å². The largest absolute Gasteiger partial charge is 0.484 e. The van der Waals surface area contributed by atoms with Crippen LogP contribution in [0, 0.1) is 11.8 Å². The lowest BCUT2D eigenvalue weighted by Gasteiger charge is -2.30. The maximum absolute atomic E-state index is 12.5. The van der Waals surface area contributed by atoms with Gasteiger partial charge in [-0.3, -0.25) is 9.69 Å². The van der Waals surface area contributed by atoms with E-state index in [2.05, 4.69) is 4.90 Å². The van der Waals surface area contributed by atoms with Gasteiger partial charge in [-0.2, -0.15) is 0 Å². The molecule has 0 unspecified atom stereocenters. The first-order valence-electron chi connectivity index (χ1n) is 8.73. The minimum Gasteiger partial charge on any atom is -0.484 e. The third-order valence-corrected chi connectivity index (χ3v) is 5.15. The summed E-state index contributed by atoms with van der Waals surface area (Å²) < 4.78 is 10.9. The molecule has 2 aliphatic heterocycles. The second-order valence-corrected chi connectivity index (χ2v) is 7.10. The molecule has 25 heavy (non-hydrogen) atoms. The van der Waals surface area contributed by atoms with E-state index in [-0.39, 0.29) is 25.0 Å². The fourth-order valence-corrected chi connectivity index (χ4v) is 3.64. The predicted molar refractivity (Wildman–Crippen MR) is 94.9 cm³/mol. The molecule has 2 atom stereocenters. The van der Waals surface area contributed by atoms with Gasteiger partial charge in [-0.25, -0.2) is 0 Å². The van der Waals surface area contributed by atoms with Crippen LogP contribution in [0.5, 0.6) is 5.75 Å². The van der Waals surface area contributed by atoms with Gasteiger partial charge >= 0.3 is 0 Å². The Morgan fingerprint density at radius 3 is 2.76 bits per heavy atom. The Balaban J connectivity index is 1.50. The monoisotopic (exact) mass is 368 g/mol. The lowest BCUT2D eigenvalue weighted by Crippen LogP contribution is -2.41. The molecular weight excluding hydrogens is 344 g/mol. The zero-order chi connectivity index (χ0) is 17.6. The Morgan fingerprint density at radius 1 is 1.28 bits per heavy atom. The molecule has 7 heteroatoms. The van der Waals surface area contributed by atoms with E-state index in [0.29, 0.717) is 29.8 Å². The van der Waals surface area contributed by atoms with Crippen molar-refractivity contribution in [2.24, 2.45) is 11.8 Å². The minimum atomic E-state index is -0.0529. The average Bonchev–Trinajstić information content (AvgIpc) is 3.03. The Bertz CT molecular complexity index is 580. The summed E-state index contributed by atoms with van der Waals surface area (Å²) in [5.74, 6) is 0.947. The summed E-state index contributed by atoms with van der Waals surface area (Å²) in [6.07, 6.45) is 0. The molecule has 1 aromatic rings. The quantitative estimate of drug-likeness (QED) is 0.815. The van der Waals surface area contributed by atoms with E-state index in [4.69, 9.17) is 21.1 Å². The molecule has 1 N–H and O–H groups in total. The van der Waals surface area contributed by atoms with Gasteiger partial charge in [-0.05, 0) is 24.1 Å². The highest BCUT2D eigenvalue weighted by Gasteiger charge is 2.36. The van der Waals surface area contributed by atoms with Crippen molar-refractivity contribution in [1.82, 2.24) is 9.80 Å². The molecule has 2 saturated heterocycles. The van der Waals surface area contributed by atoms with Gasteiger partial charge < -0.3 is 19.5 Å². The first kappa shape index (κ1) is 18.5. The summed E-state index contributed by atoms with van der Waals surface area (Å²) in [6.45, 7) is 5.59. The van der Waals surface area contributed by atoms with Gasteiger partial charge in [0.1, 0.15) is 5.75 Å². The number of nitrogens with zero attached hydrogens (tertiary/aromatic N) is 2. The highest BCUT2D eigenvalue weighted by atomic mass is 35.5.